The van der Waals surface area contributed by atoms with Crippen LogP contribution in [-0.4, -0.2) is 24.6 Å². The van der Waals surface area contributed by atoms with Crippen LogP contribution in [0.15, 0.2) is 24.3 Å². The van der Waals surface area contributed by atoms with E-state index in [4.69, 9.17) is 10.5 Å². The van der Waals surface area contributed by atoms with Crippen LogP contribution in [0.25, 0.3) is 0 Å². The minimum Gasteiger partial charge on any atom is -0.494 e. The number of rotatable bonds is 3. The molecule has 2 atom stereocenters. The Balaban J connectivity index is 2.13. The molecule has 0 unspecified atom stereocenters. The third-order valence-electron chi connectivity index (χ3n) is 2.88. The average molecular weight is 220 g/mol. The number of nitrogens with zero attached hydrogens (tertiary/aromatic N) is 1. The van der Waals surface area contributed by atoms with Crippen LogP contribution in [0, 0.1) is 0 Å². The van der Waals surface area contributed by atoms with E-state index in [1.807, 2.05) is 38.1 Å². The average Bonchev–Trinajstić information content (AvgIpc) is 2.31. The van der Waals surface area contributed by atoms with Crippen molar-refractivity contribution in [3.8, 4) is 5.75 Å². The molecule has 0 saturated carbocycles. The summed E-state index contributed by atoms with van der Waals surface area (Å²) < 4.78 is 5.34. The number of ether oxygens (including phenoxy) is 1. The monoisotopic (exact) mass is 220 g/mol. The minimum atomic E-state index is -0.355. The first-order valence-corrected chi connectivity index (χ1v) is 5.46. The van der Waals surface area contributed by atoms with E-state index in [1.54, 1.807) is 4.90 Å². The van der Waals surface area contributed by atoms with E-state index in [0.29, 0.717) is 6.61 Å². The van der Waals surface area contributed by atoms with Gasteiger partial charge in [0.15, 0.2) is 0 Å². The lowest BCUT2D eigenvalue weighted by Crippen LogP contribution is -2.67. The number of carbonyl (C=O) groups excluding carboxylic acids is 1. The molecule has 0 spiro atoms. The number of β-lactam (4-membered cyclic amide) rings is 1. The van der Waals surface area contributed by atoms with Crippen LogP contribution >= 0.6 is 0 Å². The maximum atomic E-state index is 11.6. The van der Waals surface area contributed by atoms with Gasteiger partial charge in [0.1, 0.15) is 11.8 Å². The first-order chi connectivity index (χ1) is 7.65. The van der Waals surface area contributed by atoms with E-state index in [9.17, 15) is 4.79 Å². The van der Waals surface area contributed by atoms with Crippen LogP contribution in [0.1, 0.15) is 13.8 Å². The molecule has 2 N–H and O–H groups in total. The molecule has 0 aliphatic carbocycles. The first-order valence-electron chi connectivity index (χ1n) is 5.46. The van der Waals surface area contributed by atoms with E-state index in [2.05, 4.69) is 0 Å². The van der Waals surface area contributed by atoms with Crippen molar-refractivity contribution < 1.29 is 9.53 Å². The molecule has 0 radical (unpaired) electrons. The van der Waals surface area contributed by atoms with Crippen molar-refractivity contribution in [3.63, 3.8) is 0 Å². The van der Waals surface area contributed by atoms with Crippen LogP contribution in [0.2, 0.25) is 0 Å². The molecule has 2 rings (SSSR count). The fraction of sp³-hybridized carbons (Fsp3) is 0.417. The number of nitrogens with two attached hydrogens (primary N) is 1. The van der Waals surface area contributed by atoms with Gasteiger partial charge >= 0.3 is 0 Å². The zero-order valence-corrected chi connectivity index (χ0v) is 9.51. The summed E-state index contributed by atoms with van der Waals surface area (Å²) in [6.45, 7) is 4.53. The molecule has 4 heteroatoms. The fourth-order valence-electron chi connectivity index (χ4n) is 1.88. The van der Waals surface area contributed by atoms with E-state index in [0.717, 1.165) is 11.4 Å². The van der Waals surface area contributed by atoms with Crippen molar-refractivity contribution in [2.45, 2.75) is 25.9 Å². The summed E-state index contributed by atoms with van der Waals surface area (Å²) in [5.41, 5.74) is 6.53. The summed E-state index contributed by atoms with van der Waals surface area (Å²) in [6, 6.07) is 7.21. The lowest BCUT2D eigenvalue weighted by atomic mass is 9.97. The minimum absolute atomic E-state index is 0.0170. The molecule has 1 aliphatic rings. The Kier molecular flexibility index (Phi) is 2.83. The van der Waals surface area contributed by atoms with Gasteiger partial charge in [-0.05, 0) is 38.1 Å². The topological polar surface area (TPSA) is 55.6 Å². The second-order valence-electron chi connectivity index (χ2n) is 3.90. The van der Waals surface area contributed by atoms with Gasteiger partial charge in [-0.3, -0.25) is 4.79 Å². The smallest absolute Gasteiger partial charge is 0.246 e. The number of benzene rings is 1. The number of anilines is 1. The van der Waals surface area contributed by atoms with E-state index in [-0.39, 0.29) is 18.0 Å². The lowest BCUT2D eigenvalue weighted by Gasteiger charge is -2.43. The Bertz CT molecular complexity index is 389. The molecule has 16 heavy (non-hydrogen) atoms. The highest BCUT2D eigenvalue weighted by Crippen LogP contribution is 2.28. The number of carbonyl (C=O) groups is 1. The number of amides is 1. The highest BCUT2D eigenvalue weighted by Gasteiger charge is 2.42. The van der Waals surface area contributed by atoms with Gasteiger partial charge in [-0.25, -0.2) is 0 Å². The van der Waals surface area contributed by atoms with Crippen LogP contribution in [0.4, 0.5) is 5.69 Å². The van der Waals surface area contributed by atoms with Gasteiger partial charge in [-0.1, -0.05) is 0 Å². The van der Waals surface area contributed by atoms with Gasteiger partial charge in [0.05, 0.1) is 12.6 Å². The predicted octanol–water partition coefficient (Wildman–Crippen LogP) is 1.15. The molecule has 1 saturated heterocycles. The molecule has 0 bridgehead atoms. The summed E-state index contributed by atoms with van der Waals surface area (Å²) in [5.74, 6) is 0.799. The molecule has 1 fully saturated rings. The summed E-state index contributed by atoms with van der Waals surface area (Å²) in [7, 11) is 0. The maximum absolute atomic E-state index is 11.6. The molecule has 1 aromatic carbocycles. The fourth-order valence-corrected chi connectivity index (χ4v) is 1.88. The Morgan fingerprint density at radius 3 is 2.50 bits per heavy atom. The first kappa shape index (κ1) is 11.0. The third kappa shape index (κ3) is 1.65. The molecular weight excluding hydrogens is 204 g/mol. The molecular formula is C12H16N2O2. The predicted molar refractivity (Wildman–Crippen MR) is 62.5 cm³/mol. The van der Waals surface area contributed by atoms with Crippen molar-refractivity contribution in [1.29, 1.82) is 0 Å². The van der Waals surface area contributed by atoms with Gasteiger partial charge in [-0.15, -0.1) is 0 Å². The molecule has 1 heterocycles. The summed E-state index contributed by atoms with van der Waals surface area (Å²) >= 11 is 0. The van der Waals surface area contributed by atoms with Crippen molar-refractivity contribution >= 4 is 11.6 Å². The largest absolute Gasteiger partial charge is 0.494 e. The van der Waals surface area contributed by atoms with Crippen molar-refractivity contribution in [1.82, 2.24) is 0 Å². The van der Waals surface area contributed by atoms with Crippen LogP contribution in [0.5, 0.6) is 5.75 Å². The summed E-state index contributed by atoms with van der Waals surface area (Å²) in [6.07, 6.45) is 0. The summed E-state index contributed by atoms with van der Waals surface area (Å²) in [5, 5.41) is 0. The van der Waals surface area contributed by atoms with Gasteiger partial charge in [0.2, 0.25) is 5.91 Å². The Morgan fingerprint density at radius 1 is 1.38 bits per heavy atom. The zero-order valence-electron chi connectivity index (χ0n) is 9.51. The van der Waals surface area contributed by atoms with Crippen LogP contribution in [-0.2, 0) is 4.79 Å². The molecule has 1 aromatic rings. The summed E-state index contributed by atoms with van der Waals surface area (Å²) in [4.78, 5) is 13.3. The molecule has 1 aliphatic heterocycles. The van der Waals surface area contributed by atoms with Gasteiger partial charge < -0.3 is 15.4 Å². The van der Waals surface area contributed by atoms with Crippen molar-refractivity contribution in [2.75, 3.05) is 11.5 Å². The quantitative estimate of drug-likeness (QED) is 0.777. The second-order valence-corrected chi connectivity index (χ2v) is 3.90. The van der Waals surface area contributed by atoms with E-state index < -0.39 is 0 Å². The second kappa shape index (κ2) is 4.14. The van der Waals surface area contributed by atoms with Gasteiger partial charge in [0.25, 0.3) is 0 Å². The zero-order chi connectivity index (χ0) is 11.7. The normalized spacial score (nSPS) is 24.2. The standard InChI is InChI=1S/C12H16N2O2/c1-3-16-10-6-4-9(5-7-10)14-8(2)11(13)12(14)15/h4-8,11H,3,13H2,1-2H3/t8-,11-/m1/s1. The van der Waals surface area contributed by atoms with E-state index in [1.165, 1.54) is 0 Å². The Labute approximate surface area is 95.0 Å². The highest BCUT2D eigenvalue weighted by molar-refractivity contribution is 6.05. The van der Waals surface area contributed by atoms with Crippen LogP contribution in [0.3, 0.4) is 0 Å². The SMILES string of the molecule is CCOc1ccc(N2C(=O)[C@H](N)[C@H]2C)cc1. The van der Waals surface area contributed by atoms with E-state index >= 15 is 0 Å². The highest BCUT2D eigenvalue weighted by atomic mass is 16.5. The number of hydrogen-bond donors (Lipinski definition) is 1. The van der Waals surface area contributed by atoms with Crippen LogP contribution < -0.4 is 15.4 Å². The molecule has 0 aromatic heterocycles. The Hall–Kier alpha value is -1.55. The van der Waals surface area contributed by atoms with Gasteiger partial charge in [-0.2, -0.15) is 0 Å². The van der Waals surface area contributed by atoms with Crippen molar-refractivity contribution in [3.05, 3.63) is 24.3 Å². The third-order valence-corrected chi connectivity index (χ3v) is 2.88. The van der Waals surface area contributed by atoms with Gasteiger partial charge in [0, 0.05) is 5.69 Å². The number of hydrogen-bond acceptors (Lipinski definition) is 3. The molecule has 1 amide bonds. The Morgan fingerprint density at radius 2 is 2.00 bits per heavy atom. The lowest BCUT2D eigenvalue weighted by molar-refractivity contribution is -0.125. The van der Waals surface area contributed by atoms with Crippen molar-refractivity contribution in [2.24, 2.45) is 5.73 Å². The maximum Gasteiger partial charge on any atom is 0.246 e. The molecule has 4 nitrogen and oxygen atoms in total. The molecule has 86 valence electrons.